The minimum absolute atomic E-state index is 0.123. The van der Waals surface area contributed by atoms with Crippen LogP contribution in [0.2, 0.25) is 0 Å². The van der Waals surface area contributed by atoms with Crippen molar-refractivity contribution in [1.29, 1.82) is 0 Å². The molecule has 1 aliphatic heterocycles. The number of piperidine rings is 1. The summed E-state index contributed by atoms with van der Waals surface area (Å²) in [7, 11) is -3.30. The number of hydrogen-bond acceptors (Lipinski definition) is 2. The highest BCUT2D eigenvalue weighted by Gasteiger charge is 2.29. The van der Waals surface area contributed by atoms with Crippen molar-refractivity contribution in [1.82, 2.24) is 9.03 Å². The zero-order valence-corrected chi connectivity index (χ0v) is 13.2. The molecular formula is C13H25ClN2O2S. The molecular weight excluding hydrogens is 284 g/mol. The molecule has 2 atom stereocenters. The quantitative estimate of drug-likeness (QED) is 0.811. The predicted molar refractivity (Wildman–Crippen MR) is 78.5 cm³/mol. The van der Waals surface area contributed by atoms with Gasteiger partial charge in [0.2, 0.25) is 0 Å². The van der Waals surface area contributed by atoms with E-state index in [0.717, 1.165) is 32.1 Å². The second kappa shape index (κ2) is 6.74. The maximum Gasteiger partial charge on any atom is 0.279 e. The Hall–Kier alpha value is 0.160. The molecule has 0 aromatic heterocycles. The van der Waals surface area contributed by atoms with E-state index in [0.29, 0.717) is 25.6 Å². The summed E-state index contributed by atoms with van der Waals surface area (Å²) in [6.07, 6.45) is 6.30. The maximum absolute atomic E-state index is 12.2. The van der Waals surface area contributed by atoms with Gasteiger partial charge in [0.1, 0.15) is 0 Å². The third-order valence-electron chi connectivity index (χ3n) is 4.43. The topological polar surface area (TPSA) is 49.4 Å². The predicted octanol–water partition coefficient (Wildman–Crippen LogP) is 2.35. The van der Waals surface area contributed by atoms with E-state index in [4.69, 9.17) is 11.6 Å². The molecule has 0 spiro atoms. The monoisotopic (exact) mass is 308 g/mol. The van der Waals surface area contributed by atoms with Crippen molar-refractivity contribution in [3.8, 4) is 0 Å². The molecule has 2 fully saturated rings. The highest BCUT2D eigenvalue weighted by atomic mass is 35.5. The molecule has 112 valence electrons. The zero-order chi connectivity index (χ0) is 13.9. The molecule has 2 rings (SSSR count). The zero-order valence-electron chi connectivity index (χ0n) is 11.6. The Morgan fingerprint density at radius 1 is 1.16 bits per heavy atom. The molecule has 0 amide bonds. The van der Waals surface area contributed by atoms with Crippen molar-refractivity contribution < 1.29 is 8.42 Å². The van der Waals surface area contributed by atoms with E-state index in [9.17, 15) is 8.42 Å². The Morgan fingerprint density at radius 3 is 2.42 bits per heavy atom. The second-order valence-electron chi connectivity index (χ2n) is 6.00. The van der Waals surface area contributed by atoms with Gasteiger partial charge in [-0.15, -0.1) is 11.6 Å². The van der Waals surface area contributed by atoms with Crippen LogP contribution in [0.1, 0.15) is 45.4 Å². The van der Waals surface area contributed by atoms with Crippen LogP contribution in [0.4, 0.5) is 0 Å². The molecule has 1 heterocycles. The normalized spacial score (nSPS) is 31.5. The summed E-state index contributed by atoms with van der Waals surface area (Å²) >= 11 is 6.27. The van der Waals surface area contributed by atoms with Crippen LogP contribution in [0.15, 0.2) is 0 Å². The number of alkyl halides is 1. The highest BCUT2D eigenvalue weighted by molar-refractivity contribution is 7.87. The van der Waals surface area contributed by atoms with E-state index in [2.05, 4.69) is 11.6 Å². The van der Waals surface area contributed by atoms with Crippen LogP contribution in [0.3, 0.4) is 0 Å². The van der Waals surface area contributed by atoms with Gasteiger partial charge in [0.05, 0.1) is 0 Å². The number of hydrogen-bond donors (Lipinski definition) is 1. The molecule has 1 saturated carbocycles. The minimum atomic E-state index is -3.30. The molecule has 1 aliphatic carbocycles. The lowest BCUT2D eigenvalue weighted by molar-refractivity contribution is 0.282. The van der Waals surface area contributed by atoms with Crippen LogP contribution < -0.4 is 4.72 Å². The van der Waals surface area contributed by atoms with E-state index in [1.54, 1.807) is 4.31 Å². The van der Waals surface area contributed by atoms with E-state index < -0.39 is 10.2 Å². The fourth-order valence-electron chi connectivity index (χ4n) is 2.92. The second-order valence-corrected chi connectivity index (χ2v) is 8.31. The molecule has 1 N–H and O–H groups in total. The lowest BCUT2D eigenvalue weighted by Gasteiger charge is -2.31. The van der Waals surface area contributed by atoms with Gasteiger partial charge in [-0.3, -0.25) is 0 Å². The first-order valence-electron chi connectivity index (χ1n) is 7.38. The molecule has 0 radical (unpaired) electrons. The van der Waals surface area contributed by atoms with Gasteiger partial charge in [0.25, 0.3) is 10.2 Å². The van der Waals surface area contributed by atoms with Gasteiger partial charge < -0.3 is 0 Å². The third-order valence-corrected chi connectivity index (χ3v) is 6.58. The smallest absolute Gasteiger partial charge is 0.202 e. The molecule has 19 heavy (non-hydrogen) atoms. The number of nitrogens with zero attached hydrogens (tertiary/aromatic N) is 1. The van der Waals surface area contributed by atoms with Crippen LogP contribution in [0.25, 0.3) is 0 Å². The Labute approximate surface area is 122 Å². The van der Waals surface area contributed by atoms with Gasteiger partial charge in [0.15, 0.2) is 0 Å². The highest BCUT2D eigenvalue weighted by Crippen LogP contribution is 2.28. The fraction of sp³-hybridized carbons (Fsp3) is 1.00. The van der Waals surface area contributed by atoms with Crippen molar-refractivity contribution >= 4 is 21.8 Å². The minimum Gasteiger partial charge on any atom is -0.202 e. The largest absolute Gasteiger partial charge is 0.279 e. The van der Waals surface area contributed by atoms with Gasteiger partial charge in [-0.2, -0.15) is 12.7 Å². The summed E-state index contributed by atoms with van der Waals surface area (Å²) in [5.41, 5.74) is 0. The standard InChI is InChI=1S/C13H25ClN2O2S/c1-11-6-8-16(9-7-11)19(17,18)15-10-12-4-2-3-5-13(12)14/h11-13,15H,2-10H2,1H3. The Morgan fingerprint density at radius 2 is 1.79 bits per heavy atom. The van der Waals surface area contributed by atoms with E-state index >= 15 is 0 Å². The van der Waals surface area contributed by atoms with E-state index in [-0.39, 0.29) is 11.3 Å². The molecule has 2 unspecified atom stereocenters. The Bertz CT molecular complexity index is 380. The first-order valence-corrected chi connectivity index (χ1v) is 9.25. The molecule has 0 aromatic carbocycles. The van der Waals surface area contributed by atoms with Gasteiger partial charge in [-0.25, -0.2) is 4.72 Å². The average molecular weight is 309 g/mol. The van der Waals surface area contributed by atoms with Crippen molar-refractivity contribution in [3.63, 3.8) is 0 Å². The first kappa shape index (κ1) is 15.5. The van der Waals surface area contributed by atoms with Gasteiger partial charge in [-0.05, 0) is 37.5 Å². The van der Waals surface area contributed by atoms with Gasteiger partial charge in [0, 0.05) is 25.0 Å². The lowest BCUT2D eigenvalue weighted by atomic mass is 9.89. The molecule has 0 bridgehead atoms. The van der Waals surface area contributed by atoms with E-state index in [1.165, 1.54) is 6.42 Å². The third kappa shape index (κ3) is 4.31. The van der Waals surface area contributed by atoms with Gasteiger partial charge in [-0.1, -0.05) is 19.8 Å². The Balaban J connectivity index is 1.83. The van der Waals surface area contributed by atoms with Crippen molar-refractivity contribution in [2.24, 2.45) is 11.8 Å². The van der Waals surface area contributed by atoms with Crippen molar-refractivity contribution in [2.45, 2.75) is 50.8 Å². The molecule has 4 nitrogen and oxygen atoms in total. The first-order chi connectivity index (χ1) is 8.99. The summed E-state index contributed by atoms with van der Waals surface area (Å²) in [5, 5.41) is 0.123. The fourth-order valence-corrected chi connectivity index (χ4v) is 4.59. The SMILES string of the molecule is CC1CCN(S(=O)(=O)NCC2CCCCC2Cl)CC1. The van der Waals surface area contributed by atoms with Crippen LogP contribution >= 0.6 is 11.6 Å². The molecule has 0 aromatic rings. The number of nitrogens with one attached hydrogen (secondary N) is 1. The number of halogens is 1. The summed E-state index contributed by atoms with van der Waals surface area (Å²) in [4.78, 5) is 0. The average Bonchev–Trinajstić information content (AvgIpc) is 2.38. The lowest BCUT2D eigenvalue weighted by Crippen LogP contribution is -2.46. The summed E-state index contributed by atoms with van der Waals surface area (Å²) in [6.45, 7) is 3.96. The van der Waals surface area contributed by atoms with E-state index in [1.807, 2.05) is 0 Å². The van der Waals surface area contributed by atoms with Crippen LogP contribution in [-0.4, -0.2) is 37.7 Å². The molecule has 2 aliphatic rings. The van der Waals surface area contributed by atoms with Crippen molar-refractivity contribution in [2.75, 3.05) is 19.6 Å². The molecule has 1 saturated heterocycles. The number of rotatable bonds is 4. The summed E-state index contributed by atoms with van der Waals surface area (Å²) < 4.78 is 28.8. The van der Waals surface area contributed by atoms with Crippen LogP contribution in [0.5, 0.6) is 0 Å². The van der Waals surface area contributed by atoms with Crippen molar-refractivity contribution in [3.05, 3.63) is 0 Å². The maximum atomic E-state index is 12.2. The van der Waals surface area contributed by atoms with Crippen LogP contribution in [-0.2, 0) is 10.2 Å². The summed E-state index contributed by atoms with van der Waals surface area (Å²) in [5.74, 6) is 0.922. The van der Waals surface area contributed by atoms with Gasteiger partial charge >= 0.3 is 0 Å². The Kier molecular flexibility index (Phi) is 5.52. The molecule has 6 heteroatoms. The van der Waals surface area contributed by atoms with Crippen LogP contribution in [0, 0.1) is 11.8 Å². The summed E-state index contributed by atoms with van der Waals surface area (Å²) in [6, 6.07) is 0.